The fraction of sp³-hybridized carbons (Fsp3) is 0.333. The fourth-order valence-electron chi connectivity index (χ4n) is 2.18. The highest BCUT2D eigenvalue weighted by molar-refractivity contribution is 6.09. The van der Waals surface area contributed by atoms with Crippen molar-refractivity contribution in [3.8, 4) is 0 Å². The lowest BCUT2D eigenvalue weighted by molar-refractivity contribution is 0.0953. The molecule has 0 bridgehead atoms. The molecule has 2 rings (SSSR count). The van der Waals surface area contributed by atoms with E-state index in [1.165, 1.54) is 0 Å². The maximum Gasteiger partial charge on any atom is 0.253 e. The average Bonchev–Trinajstić information content (AvgIpc) is 2.50. The minimum Gasteiger partial charge on any atom is -0.352 e. The van der Waals surface area contributed by atoms with Gasteiger partial charge in [-0.15, -0.1) is 0 Å². The number of nitrogens with one attached hydrogen (secondary N) is 2. The number of anilines is 1. The van der Waals surface area contributed by atoms with Gasteiger partial charge in [0.15, 0.2) is 0 Å². The second-order valence-electron chi connectivity index (χ2n) is 5.12. The van der Waals surface area contributed by atoms with Gasteiger partial charge in [0.25, 0.3) is 5.91 Å². The van der Waals surface area contributed by atoms with Crippen molar-refractivity contribution >= 4 is 22.5 Å². The van der Waals surface area contributed by atoms with Gasteiger partial charge in [0, 0.05) is 18.1 Å². The SMILES string of the molecule is CN(C)CCCNC(=O)c1cnc(NN)c2ccccc12. The smallest absolute Gasteiger partial charge is 0.253 e. The second kappa shape index (κ2) is 7.01. The van der Waals surface area contributed by atoms with Crippen LogP contribution in [0.4, 0.5) is 5.82 Å². The molecule has 0 saturated heterocycles. The molecule has 0 aliphatic carbocycles. The van der Waals surface area contributed by atoms with E-state index in [9.17, 15) is 4.79 Å². The van der Waals surface area contributed by atoms with E-state index in [0.717, 1.165) is 23.7 Å². The molecule has 1 amide bonds. The standard InChI is InChI=1S/C15H21N5O/c1-20(2)9-5-8-17-15(21)13-10-18-14(19-16)12-7-4-3-6-11(12)13/h3-4,6-7,10H,5,8-9,16H2,1-2H3,(H,17,21)(H,18,19). The third-order valence-electron chi connectivity index (χ3n) is 3.24. The highest BCUT2D eigenvalue weighted by Crippen LogP contribution is 2.23. The van der Waals surface area contributed by atoms with Crippen molar-refractivity contribution < 1.29 is 4.79 Å². The summed E-state index contributed by atoms with van der Waals surface area (Å²) in [7, 11) is 4.02. The van der Waals surface area contributed by atoms with Crippen LogP contribution in [-0.4, -0.2) is 43.0 Å². The minimum absolute atomic E-state index is 0.110. The lowest BCUT2D eigenvalue weighted by Gasteiger charge is -2.12. The van der Waals surface area contributed by atoms with E-state index in [0.29, 0.717) is 17.9 Å². The number of carbonyl (C=O) groups excluding carboxylic acids is 1. The first kappa shape index (κ1) is 15.2. The number of rotatable bonds is 6. The summed E-state index contributed by atoms with van der Waals surface area (Å²) in [6, 6.07) is 7.57. The molecule has 1 heterocycles. The van der Waals surface area contributed by atoms with Crippen molar-refractivity contribution in [2.45, 2.75) is 6.42 Å². The van der Waals surface area contributed by atoms with Gasteiger partial charge in [-0.05, 0) is 32.4 Å². The molecule has 0 unspecified atom stereocenters. The molecule has 2 aromatic rings. The normalized spacial score (nSPS) is 10.9. The van der Waals surface area contributed by atoms with Gasteiger partial charge in [-0.3, -0.25) is 4.79 Å². The summed E-state index contributed by atoms with van der Waals surface area (Å²) in [6.07, 6.45) is 2.46. The van der Waals surface area contributed by atoms with Gasteiger partial charge in [0.05, 0.1) is 5.56 Å². The number of fused-ring (bicyclic) bond motifs is 1. The van der Waals surface area contributed by atoms with Crippen LogP contribution in [-0.2, 0) is 0 Å². The number of nitrogens with zero attached hydrogens (tertiary/aromatic N) is 2. The fourth-order valence-corrected chi connectivity index (χ4v) is 2.18. The van der Waals surface area contributed by atoms with E-state index in [1.54, 1.807) is 6.20 Å². The largest absolute Gasteiger partial charge is 0.352 e. The molecule has 0 atom stereocenters. The van der Waals surface area contributed by atoms with E-state index in [1.807, 2.05) is 38.4 Å². The summed E-state index contributed by atoms with van der Waals surface area (Å²) in [5.74, 6) is 5.91. The molecule has 21 heavy (non-hydrogen) atoms. The average molecular weight is 287 g/mol. The Bertz CT molecular complexity index is 626. The van der Waals surface area contributed by atoms with Gasteiger partial charge in [0.1, 0.15) is 5.82 Å². The molecule has 0 saturated carbocycles. The van der Waals surface area contributed by atoms with E-state index in [-0.39, 0.29) is 5.91 Å². The number of benzene rings is 1. The maximum absolute atomic E-state index is 12.3. The van der Waals surface area contributed by atoms with Gasteiger partial charge in [0.2, 0.25) is 0 Å². The predicted molar refractivity (Wildman–Crippen MR) is 85.1 cm³/mol. The number of nitrogen functional groups attached to an aromatic ring is 1. The van der Waals surface area contributed by atoms with E-state index in [2.05, 4.69) is 20.6 Å². The number of aromatic nitrogens is 1. The van der Waals surface area contributed by atoms with Crippen molar-refractivity contribution in [3.63, 3.8) is 0 Å². The van der Waals surface area contributed by atoms with Crippen LogP contribution in [0.2, 0.25) is 0 Å². The molecule has 112 valence electrons. The van der Waals surface area contributed by atoms with E-state index < -0.39 is 0 Å². The Labute approximate surface area is 124 Å². The highest BCUT2D eigenvalue weighted by atomic mass is 16.1. The van der Waals surface area contributed by atoms with Crippen LogP contribution in [0.3, 0.4) is 0 Å². The van der Waals surface area contributed by atoms with Crippen LogP contribution in [0, 0.1) is 0 Å². The number of hydrogen-bond donors (Lipinski definition) is 3. The van der Waals surface area contributed by atoms with Crippen LogP contribution < -0.4 is 16.6 Å². The van der Waals surface area contributed by atoms with Crippen LogP contribution in [0.15, 0.2) is 30.5 Å². The summed E-state index contributed by atoms with van der Waals surface area (Å²) in [6.45, 7) is 1.58. The first-order valence-electron chi connectivity index (χ1n) is 6.90. The molecule has 1 aromatic heterocycles. The summed E-state index contributed by atoms with van der Waals surface area (Å²) in [5.41, 5.74) is 3.12. The predicted octanol–water partition coefficient (Wildman–Crippen LogP) is 1.20. The molecule has 0 fully saturated rings. The Balaban J connectivity index is 2.16. The van der Waals surface area contributed by atoms with Gasteiger partial charge >= 0.3 is 0 Å². The molecule has 1 aromatic carbocycles. The molecule has 0 radical (unpaired) electrons. The second-order valence-corrected chi connectivity index (χ2v) is 5.12. The zero-order valence-corrected chi connectivity index (χ0v) is 12.4. The monoisotopic (exact) mass is 287 g/mol. The third kappa shape index (κ3) is 3.68. The van der Waals surface area contributed by atoms with E-state index in [4.69, 9.17) is 5.84 Å². The Morgan fingerprint density at radius 3 is 2.67 bits per heavy atom. The molecular formula is C15H21N5O. The number of hydrogen-bond acceptors (Lipinski definition) is 5. The van der Waals surface area contributed by atoms with Crippen LogP contribution in [0.1, 0.15) is 16.8 Å². The van der Waals surface area contributed by atoms with Gasteiger partial charge < -0.3 is 15.6 Å². The number of pyridine rings is 1. The zero-order chi connectivity index (χ0) is 15.2. The maximum atomic E-state index is 12.3. The zero-order valence-electron chi connectivity index (χ0n) is 12.4. The van der Waals surface area contributed by atoms with Crippen LogP contribution in [0.25, 0.3) is 10.8 Å². The molecule has 0 spiro atoms. The van der Waals surface area contributed by atoms with Crippen molar-refractivity contribution in [2.24, 2.45) is 5.84 Å². The summed E-state index contributed by atoms with van der Waals surface area (Å²) in [4.78, 5) is 18.6. The molecule has 6 heteroatoms. The highest BCUT2D eigenvalue weighted by Gasteiger charge is 2.12. The quantitative estimate of drug-likeness (QED) is 0.422. The van der Waals surface area contributed by atoms with Gasteiger partial charge in [-0.2, -0.15) is 0 Å². The number of carbonyl (C=O) groups is 1. The van der Waals surface area contributed by atoms with Crippen LogP contribution in [0.5, 0.6) is 0 Å². The first-order valence-corrected chi connectivity index (χ1v) is 6.90. The van der Waals surface area contributed by atoms with Crippen molar-refractivity contribution in [2.75, 3.05) is 32.6 Å². The Kier molecular flexibility index (Phi) is 5.08. The van der Waals surface area contributed by atoms with Crippen molar-refractivity contribution in [3.05, 3.63) is 36.0 Å². The Morgan fingerprint density at radius 1 is 1.29 bits per heavy atom. The Hall–Kier alpha value is -2.18. The van der Waals surface area contributed by atoms with Gasteiger partial charge in [-0.25, -0.2) is 10.8 Å². The molecule has 0 aliphatic rings. The summed E-state index contributed by atoms with van der Waals surface area (Å²) >= 11 is 0. The minimum atomic E-state index is -0.110. The Morgan fingerprint density at radius 2 is 2.00 bits per heavy atom. The third-order valence-corrected chi connectivity index (χ3v) is 3.24. The first-order chi connectivity index (χ1) is 10.1. The molecular weight excluding hydrogens is 266 g/mol. The van der Waals surface area contributed by atoms with Crippen LogP contribution >= 0.6 is 0 Å². The summed E-state index contributed by atoms with van der Waals surface area (Å²) < 4.78 is 0. The number of nitrogens with two attached hydrogens (primary N) is 1. The lowest BCUT2D eigenvalue weighted by atomic mass is 10.1. The summed E-state index contributed by atoms with van der Waals surface area (Å²) in [5, 5.41) is 4.60. The number of hydrazine groups is 1. The van der Waals surface area contributed by atoms with Crippen molar-refractivity contribution in [1.82, 2.24) is 15.2 Å². The van der Waals surface area contributed by atoms with Crippen molar-refractivity contribution in [1.29, 1.82) is 0 Å². The molecule has 0 aliphatic heterocycles. The number of amides is 1. The van der Waals surface area contributed by atoms with Gasteiger partial charge in [-0.1, -0.05) is 24.3 Å². The molecule has 6 nitrogen and oxygen atoms in total. The lowest BCUT2D eigenvalue weighted by Crippen LogP contribution is -2.27. The molecule has 4 N–H and O–H groups in total. The van der Waals surface area contributed by atoms with E-state index >= 15 is 0 Å². The topological polar surface area (TPSA) is 83.3 Å².